The average Bonchev–Trinajstić information content (AvgIpc) is 3.16. The molecule has 6 nitrogen and oxygen atoms in total. The van der Waals surface area contributed by atoms with Crippen LogP contribution >= 0.6 is 0 Å². The summed E-state index contributed by atoms with van der Waals surface area (Å²) < 4.78 is 0. The highest BCUT2D eigenvalue weighted by Gasteiger charge is 2.40. The molecule has 2 bridgehead atoms. The van der Waals surface area contributed by atoms with Crippen molar-refractivity contribution in [3.05, 3.63) is 39.9 Å². The fraction of sp³-hybridized carbons (Fsp3) is 0.529. The number of nitro benzene ring substituents is 1. The summed E-state index contributed by atoms with van der Waals surface area (Å²) in [7, 11) is 0. The Labute approximate surface area is 135 Å². The highest BCUT2D eigenvalue weighted by Crippen LogP contribution is 2.48. The lowest BCUT2D eigenvalue weighted by atomic mass is 9.86. The van der Waals surface area contributed by atoms with E-state index in [0.29, 0.717) is 5.92 Å². The van der Waals surface area contributed by atoms with Gasteiger partial charge in [-0.05, 0) is 43.6 Å². The van der Waals surface area contributed by atoms with E-state index in [0.717, 1.165) is 23.1 Å². The second kappa shape index (κ2) is 6.48. The zero-order chi connectivity index (χ0) is 16.4. The molecule has 0 saturated heterocycles. The van der Waals surface area contributed by atoms with Crippen LogP contribution in [0.2, 0.25) is 0 Å². The predicted molar refractivity (Wildman–Crippen MR) is 87.0 cm³/mol. The van der Waals surface area contributed by atoms with Gasteiger partial charge in [-0.25, -0.2) is 5.43 Å². The lowest BCUT2D eigenvalue weighted by molar-refractivity contribution is -0.384. The molecule has 0 spiro atoms. The summed E-state index contributed by atoms with van der Waals surface area (Å²) in [6.45, 7) is 2.00. The Morgan fingerprint density at radius 3 is 2.61 bits per heavy atom. The number of hydrogen-bond donors (Lipinski definition) is 1. The van der Waals surface area contributed by atoms with E-state index in [1.165, 1.54) is 37.8 Å². The summed E-state index contributed by atoms with van der Waals surface area (Å²) >= 11 is 0. The number of fused-ring (bicyclic) bond motifs is 2. The third-order valence-electron chi connectivity index (χ3n) is 5.14. The molecule has 1 aromatic rings. The van der Waals surface area contributed by atoms with E-state index in [1.54, 1.807) is 12.1 Å². The van der Waals surface area contributed by atoms with Crippen molar-refractivity contribution < 1.29 is 9.72 Å². The van der Waals surface area contributed by atoms with Gasteiger partial charge < -0.3 is 0 Å². The van der Waals surface area contributed by atoms with Crippen LogP contribution in [0.15, 0.2) is 29.4 Å². The van der Waals surface area contributed by atoms with Crippen LogP contribution in [0.1, 0.15) is 38.2 Å². The third kappa shape index (κ3) is 3.57. The van der Waals surface area contributed by atoms with Crippen molar-refractivity contribution in [2.24, 2.45) is 22.9 Å². The SMILES string of the molecule is C/C(=N\NC(=O)Cc1ccc([N+](=O)[O-])cc1)[C@@H]1C[C@H]2CC[C@H]1C2. The Morgan fingerprint density at radius 1 is 1.30 bits per heavy atom. The first-order valence-electron chi connectivity index (χ1n) is 8.09. The van der Waals surface area contributed by atoms with Crippen LogP contribution < -0.4 is 5.43 Å². The highest BCUT2D eigenvalue weighted by molar-refractivity contribution is 5.87. The molecule has 0 aliphatic heterocycles. The summed E-state index contributed by atoms with van der Waals surface area (Å²) in [5.74, 6) is 1.93. The molecular formula is C17H21N3O3. The van der Waals surface area contributed by atoms with E-state index in [2.05, 4.69) is 10.5 Å². The van der Waals surface area contributed by atoms with Gasteiger partial charge in [0.05, 0.1) is 11.3 Å². The molecule has 2 aliphatic rings. The number of nitro groups is 1. The Kier molecular flexibility index (Phi) is 4.41. The lowest BCUT2D eigenvalue weighted by Crippen LogP contribution is -2.25. The van der Waals surface area contributed by atoms with Crippen LogP contribution in [0.4, 0.5) is 5.69 Å². The van der Waals surface area contributed by atoms with Crippen molar-refractivity contribution in [1.29, 1.82) is 0 Å². The van der Waals surface area contributed by atoms with Crippen molar-refractivity contribution in [2.75, 3.05) is 0 Å². The van der Waals surface area contributed by atoms with Gasteiger partial charge in [0, 0.05) is 23.8 Å². The normalized spacial score (nSPS) is 26.3. The molecule has 0 radical (unpaired) electrons. The minimum Gasteiger partial charge on any atom is -0.273 e. The van der Waals surface area contributed by atoms with Crippen molar-refractivity contribution in [1.82, 2.24) is 5.43 Å². The largest absolute Gasteiger partial charge is 0.273 e. The molecule has 0 aromatic heterocycles. The van der Waals surface area contributed by atoms with Gasteiger partial charge >= 0.3 is 0 Å². The van der Waals surface area contributed by atoms with Gasteiger partial charge in [0.1, 0.15) is 0 Å². The minimum absolute atomic E-state index is 0.0271. The minimum atomic E-state index is -0.452. The molecule has 0 heterocycles. The van der Waals surface area contributed by atoms with Crippen molar-refractivity contribution in [3.8, 4) is 0 Å². The van der Waals surface area contributed by atoms with E-state index in [9.17, 15) is 14.9 Å². The van der Waals surface area contributed by atoms with Gasteiger partial charge in [-0.15, -0.1) is 0 Å². The maximum Gasteiger partial charge on any atom is 0.269 e. The number of amides is 1. The van der Waals surface area contributed by atoms with Gasteiger partial charge in [-0.3, -0.25) is 14.9 Å². The monoisotopic (exact) mass is 315 g/mol. The number of carbonyl (C=O) groups excluding carboxylic acids is 1. The lowest BCUT2D eigenvalue weighted by Gasteiger charge is -2.21. The second-order valence-corrected chi connectivity index (χ2v) is 6.67. The number of non-ortho nitro benzene ring substituents is 1. The van der Waals surface area contributed by atoms with Gasteiger partial charge in [-0.2, -0.15) is 5.10 Å². The number of rotatable bonds is 5. The van der Waals surface area contributed by atoms with E-state index >= 15 is 0 Å². The first-order chi connectivity index (χ1) is 11.0. The fourth-order valence-corrected chi connectivity index (χ4v) is 3.95. The average molecular weight is 315 g/mol. The maximum atomic E-state index is 12.0. The molecule has 2 fully saturated rings. The molecule has 122 valence electrons. The van der Waals surface area contributed by atoms with Gasteiger partial charge in [0.15, 0.2) is 0 Å². The summed E-state index contributed by atoms with van der Waals surface area (Å²) in [5.41, 5.74) is 4.41. The quantitative estimate of drug-likeness (QED) is 0.515. The van der Waals surface area contributed by atoms with Gasteiger partial charge in [0.25, 0.3) is 5.69 Å². The fourth-order valence-electron chi connectivity index (χ4n) is 3.95. The van der Waals surface area contributed by atoms with Crippen molar-refractivity contribution in [2.45, 2.75) is 39.0 Å². The smallest absolute Gasteiger partial charge is 0.269 e. The maximum absolute atomic E-state index is 12.0. The zero-order valence-corrected chi connectivity index (χ0v) is 13.2. The number of benzene rings is 1. The van der Waals surface area contributed by atoms with Crippen LogP contribution in [0, 0.1) is 27.9 Å². The van der Waals surface area contributed by atoms with Crippen LogP contribution in [-0.2, 0) is 11.2 Å². The molecule has 23 heavy (non-hydrogen) atoms. The van der Waals surface area contributed by atoms with Crippen LogP contribution in [0.25, 0.3) is 0 Å². The van der Waals surface area contributed by atoms with E-state index < -0.39 is 4.92 Å². The van der Waals surface area contributed by atoms with Crippen LogP contribution in [-0.4, -0.2) is 16.5 Å². The molecule has 2 aliphatic carbocycles. The second-order valence-electron chi connectivity index (χ2n) is 6.67. The Balaban J connectivity index is 1.53. The topological polar surface area (TPSA) is 84.6 Å². The molecular weight excluding hydrogens is 294 g/mol. The van der Waals surface area contributed by atoms with E-state index in [-0.39, 0.29) is 18.0 Å². The molecule has 3 rings (SSSR count). The van der Waals surface area contributed by atoms with Crippen molar-refractivity contribution >= 4 is 17.3 Å². The van der Waals surface area contributed by atoms with E-state index in [4.69, 9.17) is 0 Å². The predicted octanol–water partition coefficient (Wildman–Crippen LogP) is 3.07. The molecule has 0 unspecified atom stereocenters. The highest BCUT2D eigenvalue weighted by atomic mass is 16.6. The van der Waals surface area contributed by atoms with Gasteiger partial charge in [0.2, 0.25) is 5.91 Å². The Hall–Kier alpha value is -2.24. The van der Waals surface area contributed by atoms with Crippen LogP contribution in [0.5, 0.6) is 0 Å². The summed E-state index contributed by atoms with van der Waals surface area (Å²) in [4.78, 5) is 22.1. The molecule has 6 heteroatoms. The first-order valence-corrected chi connectivity index (χ1v) is 8.09. The Morgan fingerprint density at radius 2 is 2.04 bits per heavy atom. The Bertz CT molecular complexity index is 639. The first kappa shape index (κ1) is 15.6. The third-order valence-corrected chi connectivity index (χ3v) is 5.14. The molecule has 1 aromatic carbocycles. The summed E-state index contributed by atoms with van der Waals surface area (Å²) in [6.07, 6.45) is 5.33. The standard InChI is InChI=1S/C17H21N3O3/c1-11(16-9-13-2-5-14(16)8-13)18-19-17(21)10-12-3-6-15(7-4-12)20(22)23/h3-4,6-7,13-14,16H,2,5,8-10H2,1H3,(H,19,21)/b18-11+/t13-,14-,16-/m0/s1. The molecule has 1 N–H and O–H groups in total. The molecule has 1 amide bonds. The number of carbonyl (C=O) groups is 1. The van der Waals surface area contributed by atoms with Gasteiger partial charge in [-0.1, -0.05) is 18.6 Å². The van der Waals surface area contributed by atoms with Crippen LogP contribution in [0.3, 0.4) is 0 Å². The molecule has 3 atom stereocenters. The number of hydrogen-bond acceptors (Lipinski definition) is 4. The zero-order valence-electron chi connectivity index (χ0n) is 13.2. The number of hydrazone groups is 1. The van der Waals surface area contributed by atoms with Crippen molar-refractivity contribution in [3.63, 3.8) is 0 Å². The molecule has 2 saturated carbocycles. The summed E-state index contributed by atoms with van der Waals surface area (Å²) in [6, 6.07) is 6.02. The summed E-state index contributed by atoms with van der Waals surface area (Å²) in [5, 5.41) is 14.9. The number of nitrogens with one attached hydrogen (secondary N) is 1. The number of nitrogens with zero attached hydrogens (tertiary/aromatic N) is 2. The van der Waals surface area contributed by atoms with E-state index in [1.807, 2.05) is 6.92 Å².